The molecule has 0 atom stereocenters. The van der Waals surface area contributed by atoms with Crippen molar-refractivity contribution in [1.29, 1.82) is 0 Å². The van der Waals surface area contributed by atoms with E-state index in [0.29, 0.717) is 66.2 Å². The molecule has 9 heteroatoms. The van der Waals surface area contributed by atoms with Crippen LogP contribution in [0.2, 0.25) is 0 Å². The lowest BCUT2D eigenvalue weighted by Gasteiger charge is -2.10. The lowest BCUT2D eigenvalue weighted by molar-refractivity contribution is 0.629. The Morgan fingerprint density at radius 3 is 0.848 bits per heavy atom. The van der Waals surface area contributed by atoms with E-state index in [1.54, 1.807) is 0 Å². The van der Waals surface area contributed by atoms with Crippen molar-refractivity contribution in [3.8, 4) is 0 Å². The van der Waals surface area contributed by atoms with Gasteiger partial charge in [0.15, 0.2) is 0 Å². The van der Waals surface area contributed by atoms with Crippen molar-refractivity contribution in [2.24, 2.45) is 0 Å². The summed E-state index contributed by atoms with van der Waals surface area (Å²) in [6, 6.07) is 12.3. The molecule has 0 radical (unpaired) electrons. The zero-order chi connectivity index (χ0) is 22.3. The van der Waals surface area contributed by atoms with Crippen molar-refractivity contribution >= 4 is 66.2 Å². The molecule has 33 heavy (non-hydrogen) atoms. The maximum absolute atomic E-state index is 13.9. The molecular formula is C24H9F3N6. The first kappa shape index (κ1) is 18.1. The van der Waals surface area contributed by atoms with Gasteiger partial charge in [-0.15, -0.1) is 0 Å². The zero-order valence-corrected chi connectivity index (χ0v) is 16.5. The Hall–Kier alpha value is -4.53. The average Bonchev–Trinajstić information content (AvgIpc) is 2.81. The van der Waals surface area contributed by atoms with Gasteiger partial charge in [0.05, 0.1) is 33.1 Å². The molecule has 0 spiro atoms. The fraction of sp³-hybridized carbons (Fsp3) is 0. The fourth-order valence-electron chi connectivity index (χ4n) is 4.07. The Kier molecular flexibility index (Phi) is 3.43. The van der Waals surface area contributed by atoms with Crippen LogP contribution >= 0.6 is 0 Å². The maximum atomic E-state index is 13.9. The van der Waals surface area contributed by atoms with E-state index in [0.717, 1.165) is 0 Å². The van der Waals surface area contributed by atoms with E-state index in [4.69, 9.17) is 0 Å². The lowest BCUT2D eigenvalue weighted by Crippen LogP contribution is -1.99. The number of rotatable bonds is 0. The zero-order valence-electron chi connectivity index (χ0n) is 16.5. The van der Waals surface area contributed by atoms with Gasteiger partial charge >= 0.3 is 0 Å². The summed E-state index contributed by atoms with van der Waals surface area (Å²) in [5.41, 5.74) is 4.57. The second kappa shape index (κ2) is 6.26. The van der Waals surface area contributed by atoms with Gasteiger partial charge in [-0.1, -0.05) is 0 Å². The molecule has 0 unspecified atom stereocenters. The van der Waals surface area contributed by atoms with Gasteiger partial charge in [0.25, 0.3) is 0 Å². The standard InChI is InChI=1S/C24H9F3N6/c25-10-1-4-13-16(7-10)31-22-19(28-13)20-23(32-17-8-11(26)2-5-14(17)29-20)24-21(22)30-15-6-3-12(27)9-18(15)33-24/h1-9H. The smallest absolute Gasteiger partial charge is 0.125 e. The topological polar surface area (TPSA) is 77.3 Å². The minimum absolute atomic E-state index is 0.319. The van der Waals surface area contributed by atoms with Crippen LogP contribution in [-0.4, -0.2) is 29.9 Å². The number of nitrogens with zero attached hydrogens (tertiary/aromatic N) is 6. The largest absolute Gasteiger partial charge is 0.242 e. The van der Waals surface area contributed by atoms with Crippen molar-refractivity contribution in [3.63, 3.8) is 0 Å². The average molecular weight is 438 g/mol. The van der Waals surface area contributed by atoms with Gasteiger partial charge in [-0.05, 0) is 36.4 Å². The Bertz CT molecular complexity index is 1970. The number of fused-ring (bicyclic) bond motifs is 9. The summed E-state index contributed by atoms with van der Waals surface area (Å²) in [6.07, 6.45) is 0. The lowest BCUT2D eigenvalue weighted by atomic mass is 10.1. The molecule has 0 fully saturated rings. The number of hydrogen-bond donors (Lipinski definition) is 0. The SMILES string of the molecule is Fc1ccc2nc3c4nc5ccc(F)cc5nc4c4nc5cc(F)ccc5nc4c3nc2c1. The highest BCUT2D eigenvalue weighted by Gasteiger charge is 2.19. The first-order valence-corrected chi connectivity index (χ1v) is 9.96. The highest BCUT2D eigenvalue weighted by molar-refractivity contribution is 6.20. The summed E-state index contributed by atoms with van der Waals surface area (Å²) < 4.78 is 41.6. The molecule has 3 heterocycles. The van der Waals surface area contributed by atoms with E-state index in [-0.39, 0.29) is 0 Å². The summed E-state index contributed by atoms with van der Waals surface area (Å²) >= 11 is 0. The van der Waals surface area contributed by atoms with Gasteiger partial charge in [0, 0.05) is 18.2 Å². The summed E-state index contributed by atoms with van der Waals surface area (Å²) in [6.45, 7) is 0. The third-order valence-electron chi connectivity index (χ3n) is 5.55. The van der Waals surface area contributed by atoms with Crippen LogP contribution in [0.5, 0.6) is 0 Å². The van der Waals surface area contributed by atoms with E-state index in [9.17, 15) is 13.2 Å². The van der Waals surface area contributed by atoms with Crippen LogP contribution in [0.1, 0.15) is 0 Å². The highest BCUT2D eigenvalue weighted by atomic mass is 19.1. The highest BCUT2D eigenvalue weighted by Crippen LogP contribution is 2.33. The van der Waals surface area contributed by atoms with E-state index >= 15 is 0 Å². The molecule has 156 valence electrons. The normalized spacial score (nSPS) is 12.1. The molecule has 7 aromatic rings. The molecule has 0 aliphatic rings. The molecule has 0 amide bonds. The summed E-state index contributed by atoms with van der Waals surface area (Å²) in [4.78, 5) is 27.9. The Labute approximate surface area is 181 Å². The molecule has 0 saturated carbocycles. The number of halogens is 3. The first-order chi connectivity index (χ1) is 16.0. The summed E-state index contributed by atoms with van der Waals surface area (Å²) in [5, 5.41) is 0. The Balaban J connectivity index is 1.78. The molecule has 0 aliphatic heterocycles. The van der Waals surface area contributed by atoms with Crippen LogP contribution in [0.15, 0.2) is 54.6 Å². The number of benzene rings is 4. The van der Waals surface area contributed by atoms with Gasteiger partial charge in [0.1, 0.15) is 50.6 Å². The van der Waals surface area contributed by atoms with Crippen molar-refractivity contribution < 1.29 is 13.2 Å². The Morgan fingerprint density at radius 1 is 0.333 bits per heavy atom. The van der Waals surface area contributed by atoms with Crippen molar-refractivity contribution in [2.45, 2.75) is 0 Å². The van der Waals surface area contributed by atoms with Crippen LogP contribution in [0.4, 0.5) is 13.2 Å². The summed E-state index contributed by atoms with van der Waals surface area (Å²) in [7, 11) is 0. The third-order valence-corrected chi connectivity index (χ3v) is 5.55. The van der Waals surface area contributed by atoms with Gasteiger partial charge in [-0.3, -0.25) is 0 Å². The molecule has 0 saturated heterocycles. The molecule has 3 aromatic heterocycles. The minimum atomic E-state index is -0.457. The number of aromatic nitrogens is 6. The van der Waals surface area contributed by atoms with Crippen LogP contribution in [-0.2, 0) is 0 Å². The molecule has 6 nitrogen and oxygen atoms in total. The second-order valence-electron chi connectivity index (χ2n) is 7.66. The van der Waals surface area contributed by atoms with E-state index in [1.807, 2.05) is 0 Å². The van der Waals surface area contributed by atoms with Gasteiger partial charge < -0.3 is 0 Å². The minimum Gasteiger partial charge on any atom is -0.242 e. The van der Waals surface area contributed by atoms with Gasteiger partial charge in [-0.2, -0.15) is 0 Å². The molecular weight excluding hydrogens is 429 g/mol. The maximum Gasteiger partial charge on any atom is 0.125 e. The van der Waals surface area contributed by atoms with Crippen LogP contribution in [0.3, 0.4) is 0 Å². The van der Waals surface area contributed by atoms with Crippen LogP contribution in [0.25, 0.3) is 66.2 Å². The fourth-order valence-corrected chi connectivity index (χ4v) is 4.07. The van der Waals surface area contributed by atoms with Crippen LogP contribution < -0.4 is 0 Å². The quantitative estimate of drug-likeness (QED) is 0.233. The van der Waals surface area contributed by atoms with Crippen LogP contribution in [0, 0.1) is 17.5 Å². The molecule has 0 bridgehead atoms. The number of hydrogen-bond acceptors (Lipinski definition) is 6. The van der Waals surface area contributed by atoms with E-state index in [2.05, 4.69) is 29.9 Å². The monoisotopic (exact) mass is 438 g/mol. The molecule has 4 aromatic carbocycles. The predicted molar refractivity (Wildman–Crippen MR) is 118 cm³/mol. The predicted octanol–water partition coefficient (Wildman–Crippen LogP) is 5.39. The molecule has 0 N–H and O–H groups in total. The van der Waals surface area contributed by atoms with Crippen molar-refractivity contribution in [3.05, 3.63) is 72.0 Å². The van der Waals surface area contributed by atoms with E-state index < -0.39 is 17.5 Å². The van der Waals surface area contributed by atoms with Crippen molar-refractivity contribution in [2.75, 3.05) is 0 Å². The van der Waals surface area contributed by atoms with Crippen molar-refractivity contribution in [1.82, 2.24) is 29.9 Å². The molecule has 0 aliphatic carbocycles. The Morgan fingerprint density at radius 2 is 0.576 bits per heavy atom. The molecule has 7 rings (SSSR count). The van der Waals surface area contributed by atoms with Gasteiger partial charge in [0.2, 0.25) is 0 Å². The summed E-state index contributed by atoms with van der Waals surface area (Å²) in [5.74, 6) is -1.35. The van der Waals surface area contributed by atoms with Gasteiger partial charge in [-0.25, -0.2) is 43.1 Å². The van der Waals surface area contributed by atoms with E-state index in [1.165, 1.54) is 54.6 Å². The first-order valence-electron chi connectivity index (χ1n) is 9.96. The second-order valence-corrected chi connectivity index (χ2v) is 7.66. The third kappa shape index (κ3) is 2.62.